The predicted octanol–water partition coefficient (Wildman–Crippen LogP) is 4.81. The van der Waals surface area contributed by atoms with Crippen LogP contribution < -0.4 is 10.6 Å². The first-order valence-electron chi connectivity index (χ1n) is 10.6. The van der Waals surface area contributed by atoms with Crippen LogP contribution in [-0.4, -0.2) is 32.7 Å². The van der Waals surface area contributed by atoms with E-state index in [1.165, 1.54) is 11.6 Å². The highest BCUT2D eigenvalue weighted by atomic mass is 127. The Morgan fingerprint density at radius 2 is 1.93 bits per heavy atom. The summed E-state index contributed by atoms with van der Waals surface area (Å²) >= 11 is 0. The molecule has 2 aromatic carbocycles. The van der Waals surface area contributed by atoms with E-state index >= 15 is 0 Å². The lowest BCUT2D eigenvalue weighted by molar-refractivity contribution is -0.0265. The van der Waals surface area contributed by atoms with Gasteiger partial charge in [0.05, 0.1) is 6.10 Å². The van der Waals surface area contributed by atoms with E-state index in [0.29, 0.717) is 5.92 Å². The Morgan fingerprint density at radius 1 is 1.13 bits per heavy atom. The van der Waals surface area contributed by atoms with Gasteiger partial charge in [0.15, 0.2) is 5.96 Å². The molecule has 0 radical (unpaired) electrons. The minimum Gasteiger partial charge on any atom is -0.373 e. The molecule has 2 atom stereocenters. The molecule has 6 heteroatoms. The SMILES string of the molecule is CN=C(NCC1CCCOC1c1ccccc1)NCC1(c2cccc(F)c2)CC1.I. The summed E-state index contributed by atoms with van der Waals surface area (Å²) in [6, 6.07) is 17.5. The van der Waals surface area contributed by atoms with E-state index in [2.05, 4.69) is 39.9 Å². The maximum Gasteiger partial charge on any atom is 0.191 e. The van der Waals surface area contributed by atoms with E-state index in [1.54, 1.807) is 19.2 Å². The molecule has 1 aliphatic heterocycles. The van der Waals surface area contributed by atoms with Crippen LogP contribution in [0.3, 0.4) is 0 Å². The molecule has 162 valence electrons. The van der Waals surface area contributed by atoms with Crippen molar-refractivity contribution in [1.82, 2.24) is 10.6 Å². The summed E-state index contributed by atoms with van der Waals surface area (Å²) in [7, 11) is 1.79. The molecule has 2 aliphatic rings. The van der Waals surface area contributed by atoms with Crippen LogP contribution in [-0.2, 0) is 10.2 Å². The fourth-order valence-electron chi connectivity index (χ4n) is 4.30. The Kier molecular flexibility index (Phi) is 8.11. The fourth-order valence-corrected chi connectivity index (χ4v) is 4.30. The highest BCUT2D eigenvalue weighted by molar-refractivity contribution is 14.0. The zero-order valence-corrected chi connectivity index (χ0v) is 19.8. The van der Waals surface area contributed by atoms with Crippen LogP contribution in [0.15, 0.2) is 59.6 Å². The van der Waals surface area contributed by atoms with Crippen LogP contribution in [0.2, 0.25) is 0 Å². The second-order valence-corrected chi connectivity index (χ2v) is 8.20. The van der Waals surface area contributed by atoms with Gasteiger partial charge in [-0.2, -0.15) is 0 Å². The van der Waals surface area contributed by atoms with Crippen LogP contribution in [0.25, 0.3) is 0 Å². The van der Waals surface area contributed by atoms with Crippen LogP contribution in [0, 0.1) is 11.7 Å². The van der Waals surface area contributed by atoms with Gasteiger partial charge in [-0.15, -0.1) is 24.0 Å². The van der Waals surface area contributed by atoms with Gasteiger partial charge in [0, 0.05) is 38.1 Å². The van der Waals surface area contributed by atoms with Gasteiger partial charge < -0.3 is 15.4 Å². The van der Waals surface area contributed by atoms with Crippen molar-refractivity contribution in [1.29, 1.82) is 0 Å². The molecular formula is C24H31FIN3O. The molecule has 1 heterocycles. The van der Waals surface area contributed by atoms with Gasteiger partial charge in [-0.1, -0.05) is 42.5 Å². The molecule has 0 spiro atoms. The monoisotopic (exact) mass is 523 g/mol. The Bertz CT molecular complexity index is 841. The van der Waals surface area contributed by atoms with Crippen molar-refractivity contribution in [2.45, 2.75) is 37.2 Å². The van der Waals surface area contributed by atoms with E-state index in [1.807, 2.05) is 12.1 Å². The number of nitrogens with zero attached hydrogens (tertiary/aromatic N) is 1. The third kappa shape index (κ3) is 5.52. The highest BCUT2D eigenvalue weighted by Crippen LogP contribution is 2.47. The zero-order valence-electron chi connectivity index (χ0n) is 17.4. The van der Waals surface area contributed by atoms with Crippen molar-refractivity contribution in [2.75, 3.05) is 26.7 Å². The Balaban J connectivity index is 0.00000256. The standard InChI is InChI=1S/C24H30FN3O.HI/c1-26-23(28-17-24(12-13-24)20-10-5-11-21(25)15-20)27-16-19-9-6-14-29-22(19)18-7-3-2-4-8-18;/h2-5,7-8,10-11,15,19,22H,6,9,12-14,16-17H2,1H3,(H2,26,27,28);1H. The van der Waals surface area contributed by atoms with Gasteiger partial charge in [0.25, 0.3) is 0 Å². The van der Waals surface area contributed by atoms with Gasteiger partial charge >= 0.3 is 0 Å². The van der Waals surface area contributed by atoms with Gasteiger partial charge in [-0.3, -0.25) is 4.99 Å². The number of guanidine groups is 1. The third-order valence-electron chi connectivity index (χ3n) is 6.21. The van der Waals surface area contributed by atoms with Crippen LogP contribution in [0.1, 0.15) is 42.9 Å². The predicted molar refractivity (Wildman–Crippen MR) is 130 cm³/mol. The van der Waals surface area contributed by atoms with Gasteiger partial charge in [0.1, 0.15) is 5.82 Å². The lowest BCUT2D eigenvalue weighted by Crippen LogP contribution is -2.44. The van der Waals surface area contributed by atoms with Gasteiger partial charge in [-0.05, 0) is 48.9 Å². The third-order valence-corrected chi connectivity index (χ3v) is 6.21. The molecule has 2 aromatic rings. The van der Waals surface area contributed by atoms with Crippen molar-refractivity contribution < 1.29 is 9.13 Å². The van der Waals surface area contributed by atoms with Crippen molar-refractivity contribution in [3.05, 3.63) is 71.5 Å². The minimum atomic E-state index is -0.166. The minimum absolute atomic E-state index is 0. The molecule has 0 aromatic heterocycles. The number of ether oxygens (including phenoxy) is 1. The topological polar surface area (TPSA) is 45.7 Å². The summed E-state index contributed by atoms with van der Waals surface area (Å²) in [6.07, 6.45) is 4.50. The highest BCUT2D eigenvalue weighted by Gasteiger charge is 2.44. The van der Waals surface area contributed by atoms with Crippen molar-refractivity contribution in [3.8, 4) is 0 Å². The first-order valence-corrected chi connectivity index (χ1v) is 10.6. The fraction of sp³-hybridized carbons (Fsp3) is 0.458. The van der Waals surface area contributed by atoms with Crippen LogP contribution >= 0.6 is 24.0 Å². The maximum absolute atomic E-state index is 13.6. The Labute approximate surface area is 195 Å². The van der Waals surface area contributed by atoms with Crippen molar-refractivity contribution >= 4 is 29.9 Å². The normalized spacial score (nSPS) is 22.7. The van der Waals surface area contributed by atoms with Crippen LogP contribution in [0.5, 0.6) is 0 Å². The van der Waals surface area contributed by atoms with Gasteiger partial charge in [-0.25, -0.2) is 4.39 Å². The second-order valence-electron chi connectivity index (χ2n) is 8.20. The van der Waals surface area contributed by atoms with E-state index in [-0.39, 0.29) is 41.3 Å². The molecule has 4 nitrogen and oxygen atoms in total. The first-order chi connectivity index (χ1) is 14.2. The second kappa shape index (κ2) is 10.6. The first kappa shape index (κ1) is 23.0. The number of hydrogen-bond acceptors (Lipinski definition) is 2. The molecule has 1 saturated carbocycles. The molecule has 2 unspecified atom stereocenters. The maximum atomic E-state index is 13.6. The van der Waals surface area contributed by atoms with Crippen LogP contribution in [0.4, 0.5) is 4.39 Å². The summed E-state index contributed by atoms with van der Waals surface area (Å²) in [5.74, 6) is 1.04. The van der Waals surface area contributed by atoms with Crippen molar-refractivity contribution in [2.24, 2.45) is 10.9 Å². The number of benzene rings is 2. The molecular weight excluding hydrogens is 492 g/mol. The number of aliphatic imine (C=N–C) groups is 1. The molecule has 4 rings (SSSR count). The number of halogens is 2. The molecule has 2 N–H and O–H groups in total. The van der Waals surface area contributed by atoms with Gasteiger partial charge in [0.2, 0.25) is 0 Å². The summed E-state index contributed by atoms with van der Waals surface area (Å²) in [5.41, 5.74) is 2.34. The number of hydrogen-bond donors (Lipinski definition) is 2. The van der Waals surface area contributed by atoms with E-state index in [0.717, 1.165) is 56.9 Å². The average molecular weight is 523 g/mol. The molecule has 1 saturated heterocycles. The summed E-state index contributed by atoms with van der Waals surface area (Å²) in [6.45, 7) is 2.39. The Hall–Kier alpha value is -1.67. The largest absolute Gasteiger partial charge is 0.373 e. The van der Waals surface area contributed by atoms with Crippen molar-refractivity contribution in [3.63, 3.8) is 0 Å². The zero-order chi connectivity index (χ0) is 20.1. The average Bonchev–Trinajstić information content (AvgIpc) is 3.56. The molecule has 2 fully saturated rings. The smallest absolute Gasteiger partial charge is 0.191 e. The van der Waals surface area contributed by atoms with E-state index in [9.17, 15) is 4.39 Å². The molecule has 30 heavy (non-hydrogen) atoms. The summed E-state index contributed by atoms with van der Waals surface area (Å²) < 4.78 is 19.7. The molecule has 0 bridgehead atoms. The lowest BCUT2D eigenvalue weighted by atomic mass is 9.89. The summed E-state index contributed by atoms with van der Waals surface area (Å²) in [5, 5.41) is 6.95. The van der Waals surface area contributed by atoms with E-state index in [4.69, 9.17) is 4.74 Å². The lowest BCUT2D eigenvalue weighted by Gasteiger charge is -2.32. The molecule has 0 amide bonds. The number of rotatable bonds is 6. The van der Waals surface area contributed by atoms with E-state index < -0.39 is 0 Å². The number of nitrogens with one attached hydrogen (secondary N) is 2. The molecule has 1 aliphatic carbocycles. The quantitative estimate of drug-likeness (QED) is 0.325. The summed E-state index contributed by atoms with van der Waals surface area (Å²) in [4.78, 5) is 4.39. The Morgan fingerprint density at radius 3 is 2.63 bits per heavy atom.